The Kier molecular flexibility index (Phi) is 3.89. The highest BCUT2D eigenvalue weighted by atomic mass is 16.5. The molecule has 24 heavy (non-hydrogen) atoms. The molecule has 0 amide bonds. The summed E-state index contributed by atoms with van der Waals surface area (Å²) in [5.41, 5.74) is 2.23. The highest BCUT2D eigenvalue weighted by Crippen LogP contribution is 2.65. The van der Waals surface area contributed by atoms with Crippen LogP contribution in [0.5, 0.6) is 0 Å². The number of allylic oxidation sites excluding steroid dienone is 2. The monoisotopic (exact) mass is 332 g/mol. The van der Waals surface area contributed by atoms with Gasteiger partial charge in [0.2, 0.25) is 0 Å². The van der Waals surface area contributed by atoms with E-state index in [0.717, 1.165) is 57.1 Å². The van der Waals surface area contributed by atoms with Crippen molar-refractivity contribution in [2.75, 3.05) is 7.11 Å². The van der Waals surface area contributed by atoms with Gasteiger partial charge in [0, 0.05) is 17.8 Å². The Bertz CT molecular complexity index is 588. The molecule has 3 nitrogen and oxygen atoms in total. The zero-order valence-corrected chi connectivity index (χ0v) is 15.3. The van der Waals surface area contributed by atoms with Crippen molar-refractivity contribution >= 4 is 0 Å². The number of hydrogen-bond donors (Lipinski definition) is 2. The van der Waals surface area contributed by atoms with E-state index in [-0.39, 0.29) is 17.4 Å². The first-order valence-corrected chi connectivity index (χ1v) is 9.77. The van der Waals surface area contributed by atoms with Crippen molar-refractivity contribution in [3.63, 3.8) is 0 Å². The van der Waals surface area contributed by atoms with Crippen LogP contribution in [0.15, 0.2) is 23.0 Å². The molecule has 134 valence electrons. The van der Waals surface area contributed by atoms with Gasteiger partial charge in [-0.25, -0.2) is 0 Å². The Balaban J connectivity index is 1.72. The van der Waals surface area contributed by atoms with E-state index >= 15 is 0 Å². The van der Waals surface area contributed by atoms with E-state index in [9.17, 15) is 10.2 Å². The lowest BCUT2D eigenvalue weighted by atomic mass is 9.48. The SMILES string of the molecule is CC[C@]12C[C@](C)(O)C3C4=C(CCC3C1CC[C@@H]2O)CC(OC)=CC4. The van der Waals surface area contributed by atoms with Crippen LogP contribution >= 0.6 is 0 Å². The van der Waals surface area contributed by atoms with Gasteiger partial charge < -0.3 is 14.9 Å². The van der Waals surface area contributed by atoms with Gasteiger partial charge in [-0.05, 0) is 69.8 Å². The lowest BCUT2D eigenvalue weighted by Crippen LogP contribution is -2.57. The van der Waals surface area contributed by atoms with Gasteiger partial charge in [-0.2, -0.15) is 0 Å². The van der Waals surface area contributed by atoms with Gasteiger partial charge in [-0.1, -0.05) is 18.1 Å². The van der Waals surface area contributed by atoms with Crippen molar-refractivity contribution in [2.24, 2.45) is 23.2 Å². The van der Waals surface area contributed by atoms with Crippen LogP contribution in [0.3, 0.4) is 0 Å². The molecule has 0 saturated heterocycles. The first-order chi connectivity index (χ1) is 11.4. The van der Waals surface area contributed by atoms with Crippen LogP contribution in [0.1, 0.15) is 65.2 Å². The van der Waals surface area contributed by atoms with Crippen LogP contribution in [-0.2, 0) is 4.74 Å². The van der Waals surface area contributed by atoms with E-state index in [2.05, 4.69) is 13.0 Å². The average molecular weight is 332 g/mol. The Morgan fingerprint density at radius 1 is 1.29 bits per heavy atom. The predicted octanol–water partition coefficient (Wildman–Crippen LogP) is 3.96. The molecule has 0 heterocycles. The third-order valence-electron chi connectivity index (χ3n) is 7.92. The quantitative estimate of drug-likeness (QED) is 0.753. The molecule has 2 saturated carbocycles. The maximum Gasteiger partial charge on any atom is 0.0959 e. The zero-order valence-electron chi connectivity index (χ0n) is 15.3. The molecule has 4 aliphatic rings. The molecule has 0 bridgehead atoms. The second kappa shape index (κ2) is 5.60. The number of aliphatic hydroxyl groups is 2. The minimum Gasteiger partial charge on any atom is -0.501 e. The second-order valence-electron chi connectivity index (χ2n) is 8.88. The smallest absolute Gasteiger partial charge is 0.0959 e. The number of ether oxygens (including phenoxy) is 1. The standard InChI is InChI=1S/C21H32O3/c1-4-21-12-20(2,23)19-15-8-6-14(24-3)11-13(15)5-7-16(19)17(21)9-10-18(21)22/h6,16-19,22-23H,4-5,7-12H2,1-3H3/t16?,17?,18-,19?,20-,21-/m0/s1. The first kappa shape index (κ1) is 16.7. The van der Waals surface area contributed by atoms with Crippen molar-refractivity contribution < 1.29 is 14.9 Å². The summed E-state index contributed by atoms with van der Waals surface area (Å²) >= 11 is 0. The third kappa shape index (κ3) is 2.17. The summed E-state index contributed by atoms with van der Waals surface area (Å²) < 4.78 is 5.48. The molecular weight excluding hydrogens is 300 g/mol. The van der Waals surface area contributed by atoms with Gasteiger partial charge in [0.1, 0.15) is 0 Å². The van der Waals surface area contributed by atoms with Gasteiger partial charge in [0.05, 0.1) is 24.6 Å². The number of aliphatic hydroxyl groups excluding tert-OH is 1. The molecule has 2 N–H and O–H groups in total. The van der Waals surface area contributed by atoms with Crippen LogP contribution in [0, 0.1) is 23.2 Å². The van der Waals surface area contributed by atoms with E-state index in [1.165, 1.54) is 11.1 Å². The van der Waals surface area contributed by atoms with Crippen LogP contribution < -0.4 is 0 Å². The summed E-state index contributed by atoms with van der Waals surface area (Å²) in [5.74, 6) is 2.46. The van der Waals surface area contributed by atoms with Gasteiger partial charge in [0.15, 0.2) is 0 Å². The first-order valence-electron chi connectivity index (χ1n) is 9.77. The van der Waals surface area contributed by atoms with Crippen molar-refractivity contribution in [3.8, 4) is 0 Å². The molecule has 4 aliphatic carbocycles. The van der Waals surface area contributed by atoms with Crippen LogP contribution in [0.2, 0.25) is 0 Å². The molecule has 3 unspecified atom stereocenters. The predicted molar refractivity (Wildman–Crippen MR) is 94.3 cm³/mol. The lowest BCUT2D eigenvalue weighted by Gasteiger charge is -2.58. The molecule has 2 fully saturated rings. The largest absolute Gasteiger partial charge is 0.501 e. The maximum atomic E-state index is 11.5. The van der Waals surface area contributed by atoms with Crippen molar-refractivity contribution in [1.29, 1.82) is 0 Å². The molecule has 3 heteroatoms. The summed E-state index contributed by atoms with van der Waals surface area (Å²) in [6.45, 7) is 4.24. The van der Waals surface area contributed by atoms with E-state index < -0.39 is 5.60 Å². The third-order valence-corrected chi connectivity index (χ3v) is 7.92. The molecule has 0 spiro atoms. The van der Waals surface area contributed by atoms with Crippen LogP contribution in [0.4, 0.5) is 0 Å². The number of rotatable bonds is 2. The molecule has 0 aromatic carbocycles. The summed E-state index contributed by atoms with van der Waals surface area (Å²) in [6.07, 6.45) is 9.92. The summed E-state index contributed by atoms with van der Waals surface area (Å²) in [5, 5.41) is 22.2. The van der Waals surface area contributed by atoms with Gasteiger partial charge in [-0.15, -0.1) is 0 Å². The lowest BCUT2D eigenvalue weighted by molar-refractivity contribution is -0.152. The van der Waals surface area contributed by atoms with E-state index in [1.807, 2.05) is 6.92 Å². The Labute approximate surface area is 145 Å². The van der Waals surface area contributed by atoms with Crippen LogP contribution in [-0.4, -0.2) is 29.0 Å². The van der Waals surface area contributed by atoms with E-state index in [4.69, 9.17) is 4.74 Å². The number of methoxy groups -OCH3 is 1. The number of fused-ring (bicyclic) bond motifs is 4. The number of hydrogen-bond acceptors (Lipinski definition) is 3. The molecule has 0 aliphatic heterocycles. The van der Waals surface area contributed by atoms with Gasteiger partial charge in [-0.3, -0.25) is 0 Å². The molecular formula is C21H32O3. The minimum atomic E-state index is -0.706. The fourth-order valence-corrected chi connectivity index (χ4v) is 7.00. The molecule has 4 rings (SSSR count). The average Bonchev–Trinajstić information content (AvgIpc) is 2.90. The highest BCUT2D eigenvalue weighted by Gasteiger charge is 2.62. The molecule has 0 aromatic heterocycles. The van der Waals surface area contributed by atoms with Crippen molar-refractivity contribution in [2.45, 2.75) is 76.9 Å². The summed E-state index contributed by atoms with van der Waals surface area (Å²) in [4.78, 5) is 0. The normalized spacial score (nSPS) is 47.6. The fraction of sp³-hybridized carbons (Fsp3) is 0.810. The maximum absolute atomic E-state index is 11.5. The Morgan fingerprint density at radius 3 is 2.79 bits per heavy atom. The second-order valence-corrected chi connectivity index (χ2v) is 8.88. The Morgan fingerprint density at radius 2 is 2.08 bits per heavy atom. The van der Waals surface area contributed by atoms with Crippen molar-refractivity contribution in [3.05, 3.63) is 23.0 Å². The minimum absolute atomic E-state index is 0.0646. The Hall–Kier alpha value is -0.800. The van der Waals surface area contributed by atoms with E-state index in [0.29, 0.717) is 11.8 Å². The van der Waals surface area contributed by atoms with E-state index in [1.54, 1.807) is 7.11 Å². The van der Waals surface area contributed by atoms with Gasteiger partial charge in [0.25, 0.3) is 0 Å². The molecule has 0 aromatic rings. The van der Waals surface area contributed by atoms with Crippen LogP contribution in [0.25, 0.3) is 0 Å². The van der Waals surface area contributed by atoms with Gasteiger partial charge >= 0.3 is 0 Å². The zero-order chi connectivity index (χ0) is 17.1. The molecule has 6 atom stereocenters. The molecule has 0 radical (unpaired) electrons. The highest BCUT2D eigenvalue weighted by molar-refractivity contribution is 5.35. The topological polar surface area (TPSA) is 49.7 Å². The summed E-state index contributed by atoms with van der Waals surface area (Å²) in [6, 6.07) is 0. The van der Waals surface area contributed by atoms with Crippen molar-refractivity contribution in [1.82, 2.24) is 0 Å². The fourth-order valence-electron chi connectivity index (χ4n) is 7.00. The summed E-state index contributed by atoms with van der Waals surface area (Å²) in [7, 11) is 1.76.